The van der Waals surface area contributed by atoms with Gasteiger partial charge in [-0.15, -0.1) is 0 Å². The summed E-state index contributed by atoms with van der Waals surface area (Å²) in [6.45, 7) is 4.14. The lowest BCUT2D eigenvalue weighted by Crippen LogP contribution is -2.47. The highest BCUT2D eigenvalue weighted by atomic mass is 16.5. The van der Waals surface area contributed by atoms with Crippen LogP contribution in [0.3, 0.4) is 0 Å². The molecule has 1 N–H and O–H groups in total. The first kappa shape index (κ1) is 23.7. The van der Waals surface area contributed by atoms with Gasteiger partial charge in [0.15, 0.2) is 0 Å². The van der Waals surface area contributed by atoms with Crippen molar-refractivity contribution in [2.45, 2.75) is 96.1 Å². The summed E-state index contributed by atoms with van der Waals surface area (Å²) in [5.74, 6) is 3.40. The van der Waals surface area contributed by atoms with E-state index in [4.69, 9.17) is 4.74 Å². The SMILES string of the molecule is O=C1CCC2=C(CCC3C2CC[C@@]2(CCOc4cccc(CN5CCCCC5)c4)C3CC[C@@H]2O)C1. The summed E-state index contributed by atoms with van der Waals surface area (Å²) in [6.07, 6.45) is 14.0. The molecular formula is C31H43NO3. The number of ether oxygens (including phenoxy) is 1. The third kappa shape index (κ3) is 4.62. The average Bonchev–Trinajstić information content (AvgIpc) is 3.21. The van der Waals surface area contributed by atoms with Crippen molar-refractivity contribution in [3.8, 4) is 5.75 Å². The summed E-state index contributed by atoms with van der Waals surface area (Å²) >= 11 is 0. The Morgan fingerprint density at radius 1 is 1.03 bits per heavy atom. The number of nitrogens with zero attached hydrogens (tertiary/aromatic N) is 1. The van der Waals surface area contributed by atoms with Gasteiger partial charge in [0.25, 0.3) is 0 Å². The highest BCUT2D eigenvalue weighted by molar-refractivity contribution is 5.82. The third-order valence-electron chi connectivity index (χ3n) is 10.5. The number of fused-ring (bicyclic) bond motifs is 4. The number of carbonyl (C=O) groups excluding carboxylic acids is 1. The van der Waals surface area contributed by atoms with Crippen molar-refractivity contribution in [3.63, 3.8) is 0 Å². The second-order valence-corrected chi connectivity index (χ2v) is 12.2. The molecule has 0 spiro atoms. The second-order valence-electron chi connectivity index (χ2n) is 12.2. The largest absolute Gasteiger partial charge is 0.494 e. The molecule has 1 saturated heterocycles. The van der Waals surface area contributed by atoms with Crippen LogP contribution in [0.1, 0.15) is 89.0 Å². The number of likely N-dealkylation sites (tertiary alicyclic amines) is 1. The normalized spacial score (nSPS) is 35.4. The van der Waals surface area contributed by atoms with Crippen LogP contribution in [-0.2, 0) is 11.3 Å². The minimum Gasteiger partial charge on any atom is -0.494 e. The fraction of sp³-hybridized carbons (Fsp3) is 0.710. The van der Waals surface area contributed by atoms with Gasteiger partial charge in [0.1, 0.15) is 11.5 Å². The van der Waals surface area contributed by atoms with Crippen molar-refractivity contribution in [2.75, 3.05) is 19.7 Å². The number of aliphatic hydroxyl groups is 1. The Hall–Kier alpha value is -1.65. The van der Waals surface area contributed by atoms with Crippen LogP contribution in [0.4, 0.5) is 0 Å². The summed E-state index contributed by atoms with van der Waals surface area (Å²) in [5.41, 5.74) is 4.51. The Morgan fingerprint density at radius 2 is 1.91 bits per heavy atom. The number of Topliss-reactive ketones (excluding diaryl/α,β-unsaturated/α-hetero) is 1. The predicted molar refractivity (Wildman–Crippen MR) is 138 cm³/mol. The lowest BCUT2D eigenvalue weighted by atomic mass is 9.53. The Labute approximate surface area is 211 Å². The number of allylic oxidation sites excluding steroid dienone is 2. The topological polar surface area (TPSA) is 49.8 Å². The van der Waals surface area contributed by atoms with Gasteiger partial charge in [-0.3, -0.25) is 9.69 Å². The van der Waals surface area contributed by atoms with E-state index in [1.165, 1.54) is 56.3 Å². The van der Waals surface area contributed by atoms with Crippen molar-refractivity contribution in [1.29, 1.82) is 0 Å². The standard InChI is InChI=1S/C31H43NO3/c33-24-8-10-26-23(20-24)7-9-28-27(26)13-14-31(29(28)11-12-30(31)34)15-18-35-25-6-4-5-22(19-25)21-32-16-2-1-3-17-32/h4-6,19,27-30,34H,1-3,7-18,20-21H2/t27?,28?,29?,30-,31+/m0/s1. The molecule has 190 valence electrons. The zero-order chi connectivity index (χ0) is 23.8. The summed E-state index contributed by atoms with van der Waals surface area (Å²) in [7, 11) is 0. The van der Waals surface area contributed by atoms with Crippen LogP contribution in [0.15, 0.2) is 35.4 Å². The second kappa shape index (κ2) is 10.0. The maximum Gasteiger partial charge on any atom is 0.137 e. The van der Waals surface area contributed by atoms with Crippen LogP contribution >= 0.6 is 0 Å². The summed E-state index contributed by atoms with van der Waals surface area (Å²) in [5, 5.41) is 11.2. The number of rotatable bonds is 6. The molecule has 1 aromatic rings. The molecule has 6 rings (SSSR count). The van der Waals surface area contributed by atoms with Crippen molar-refractivity contribution >= 4 is 5.78 Å². The average molecular weight is 478 g/mol. The van der Waals surface area contributed by atoms with Gasteiger partial charge in [0.2, 0.25) is 0 Å². The van der Waals surface area contributed by atoms with Crippen LogP contribution < -0.4 is 4.74 Å². The van der Waals surface area contributed by atoms with E-state index in [1.807, 2.05) is 0 Å². The quantitative estimate of drug-likeness (QED) is 0.505. The number of benzene rings is 1. The number of hydrogen-bond donors (Lipinski definition) is 1. The van der Waals surface area contributed by atoms with Crippen LogP contribution in [-0.4, -0.2) is 41.6 Å². The number of aliphatic hydroxyl groups excluding tert-OH is 1. The molecule has 4 heteroatoms. The minimum absolute atomic E-state index is 0.0229. The van der Waals surface area contributed by atoms with E-state index in [-0.39, 0.29) is 11.5 Å². The minimum atomic E-state index is -0.189. The van der Waals surface area contributed by atoms with E-state index in [1.54, 1.807) is 5.57 Å². The lowest BCUT2D eigenvalue weighted by molar-refractivity contribution is -0.119. The van der Waals surface area contributed by atoms with Crippen LogP contribution in [0, 0.1) is 23.2 Å². The number of ketones is 1. The smallest absolute Gasteiger partial charge is 0.137 e. The monoisotopic (exact) mass is 477 g/mol. The number of hydrogen-bond acceptors (Lipinski definition) is 4. The zero-order valence-corrected chi connectivity index (χ0v) is 21.4. The Bertz CT molecular complexity index is 964. The molecule has 5 atom stereocenters. The van der Waals surface area contributed by atoms with Crippen molar-refractivity contribution < 1.29 is 14.6 Å². The van der Waals surface area contributed by atoms with E-state index in [0.717, 1.165) is 63.7 Å². The molecule has 0 radical (unpaired) electrons. The van der Waals surface area contributed by atoms with Gasteiger partial charge in [-0.05, 0) is 113 Å². The van der Waals surface area contributed by atoms with Gasteiger partial charge in [0, 0.05) is 24.8 Å². The Morgan fingerprint density at radius 3 is 2.80 bits per heavy atom. The molecule has 4 aliphatic carbocycles. The van der Waals surface area contributed by atoms with Gasteiger partial charge in [-0.2, -0.15) is 0 Å². The van der Waals surface area contributed by atoms with Gasteiger partial charge in [-0.25, -0.2) is 0 Å². The molecule has 3 fully saturated rings. The predicted octanol–water partition coefficient (Wildman–Crippen LogP) is 6.07. The molecule has 1 aliphatic heterocycles. The molecule has 4 nitrogen and oxygen atoms in total. The molecule has 0 amide bonds. The van der Waals surface area contributed by atoms with E-state index in [9.17, 15) is 9.90 Å². The highest BCUT2D eigenvalue weighted by Crippen LogP contribution is 2.62. The van der Waals surface area contributed by atoms with Crippen LogP contribution in [0.25, 0.3) is 0 Å². The molecule has 2 saturated carbocycles. The van der Waals surface area contributed by atoms with E-state index >= 15 is 0 Å². The molecular weight excluding hydrogens is 434 g/mol. The molecule has 5 aliphatic rings. The molecule has 1 aromatic carbocycles. The fourth-order valence-corrected chi connectivity index (χ4v) is 8.78. The lowest BCUT2D eigenvalue weighted by Gasteiger charge is -2.52. The van der Waals surface area contributed by atoms with Gasteiger partial charge in [-0.1, -0.05) is 29.7 Å². The first-order valence-electron chi connectivity index (χ1n) is 14.5. The summed E-state index contributed by atoms with van der Waals surface area (Å²) in [6, 6.07) is 8.68. The van der Waals surface area contributed by atoms with E-state index in [0.29, 0.717) is 30.1 Å². The van der Waals surface area contributed by atoms with Gasteiger partial charge < -0.3 is 9.84 Å². The zero-order valence-electron chi connectivity index (χ0n) is 21.4. The summed E-state index contributed by atoms with van der Waals surface area (Å²) in [4.78, 5) is 14.6. The number of carbonyl (C=O) groups is 1. The highest BCUT2D eigenvalue weighted by Gasteiger charge is 2.57. The number of piperidine rings is 1. The maximum atomic E-state index is 12.0. The van der Waals surface area contributed by atoms with Crippen molar-refractivity contribution in [3.05, 3.63) is 41.0 Å². The fourth-order valence-electron chi connectivity index (χ4n) is 8.78. The van der Waals surface area contributed by atoms with Gasteiger partial charge in [0.05, 0.1) is 12.7 Å². The molecule has 3 unspecified atom stereocenters. The van der Waals surface area contributed by atoms with Crippen LogP contribution in [0.5, 0.6) is 5.75 Å². The molecule has 0 aromatic heterocycles. The Balaban J connectivity index is 1.11. The first-order valence-corrected chi connectivity index (χ1v) is 14.5. The van der Waals surface area contributed by atoms with E-state index in [2.05, 4.69) is 29.2 Å². The maximum absolute atomic E-state index is 12.0. The third-order valence-corrected chi connectivity index (χ3v) is 10.5. The Kier molecular flexibility index (Phi) is 6.79. The van der Waals surface area contributed by atoms with Crippen LogP contribution in [0.2, 0.25) is 0 Å². The molecule has 1 heterocycles. The van der Waals surface area contributed by atoms with Crippen molar-refractivity contribution in [2.24, 2.45) is 23.2 Å². The van der Waals surface area contributed by atoms with E-state index < -0.39 is 0 Å². The summed E-state index contributed by atoms with van der Waals surface area (Å²) < 4.78 is 6.35. The molecule has 35 heavy (non-hydrogen) atoms. The molecule has 0 bridgehead atoms. The van der Waals surface area contributed by atoms with Crippen molar-refractivity contribution in [1.82, 2.24) is 4.90 Å². The van der Waals surface area contributed by atoms with Gasteiger partial charge >= 0.3 is 0 Å². The first-order chi connectivity index (χ1) is 17.1.